The fourth-order valence-corrected chi connectivity index (χ4v) is 1.33. The number of hydrogen-bond acceptors (Lipinski definition) is 5. The highest BCUT2D eigenvalue weighted by Crippen LogP contribution is 2.19. The molecule has 1 N–H and O–H groups in total. The molecule has 0 aliphatic rings. The highest BCUT2D eigenvalue weighted by atomic mass is 16.5. The molecule has 1 heterocycles. The van der Waals surface area contributed by atoms with Gasteiger partial charge in [0.05, 0.1) is 13.2 Å². The van der Waals surface area contributed by atoms with Crippen molar-refractivity contribution in [1.29, 1.82) is 0 Å². The number of ether oxygens (including phenoxy) is 1. The topological polar surface area (TPSA) is 77.2 Å². The Hall–Kier alpha value is -1.43. The lowest BCUT2D eigenvalue weighted by molar-refractivity contribution is 0.0511. The third kappa shape index (κ3) is 2.38. The van der Waals surface area contributed by atoms with E-state index in [1.807, 2.05) is 13.8 Å². The standard InChI is InChI=1S/C10H17N3O3/c1-5-16-8(15)7-11-9(13(4)12-7)10(2,3)6-14/h14H,5-6H2,1-4H3. The van der Waals surface area contributed by atoms with E-state index in [1.165, 1.54) is 4.68 Å². The van der Waals surface area contributed by atoms with Crippen molar-refractivity contribution < 1.29 is 14.6 Å². The van der Waals surface area contributed by atoms with Crippen LogP contribution in [-0.2, 0) is 17.2 Å². The maximum Gasteiger partial charge on any atom is 0.378 e. The summed E-state index contributed by atoms with van der Waals surface area (Å²) in [6.45, 7) is 5.59. The van der Waals surface area contributed by atoms with E-state index in [0.717, 1.165) is 0 Å². The van der Waals surface area contributed by atoms with Crippen LogP contribution in [0.1, 0.15) is 37.2 Å². The Morgan fingerprint density at radius 2 is 2.19 bits per heavy atom. The Morgan fingerprint density at radius 3 is 2.69 bits per heavy atom. The lowest BCUT2D eigenvalue weighted by atomic mass is 9.94. The first-order valence-corrected chi connectivity index (χ1v) is 5.12. The van der Waals surface area contributed by atoms with Crippen LogP contribution in [0.25, 0.3) is 0 Å². The molecule has 1 aromatic rings. The largest absolute Gasteiger partial charge is 0.460 e. The van der Waals surface area contributed by atoms with Gasteiger partial charge in [-0.3, -0.25) is 4.68 Å². The van der Waals surface area contributed by atoms with Gasteiger partial charge in [-0.25, -0.2) is 9.78 Å². The van der Waals surface area contributed by atoms with E-state index in [9.17, 15) is 9.90 Å². The second kappa shape index (κ2) is 4.61. The number of aromatic nitrogens is 3. The highest BCUT2D eigenvalue weighted by molar-refractivity contribution is 5.85. The monoisotopic (exact) mass is 227 g/mol. The fraction of sp³-hybridized carbons (Fsp3) is 0.700. The van der Waals surface area contributed by atoms with Gasteiger partial charge >= 0.3 is 5.97 Å². The van der Waals surface area contributed by atoms with Gasteiger partial charge < -0.3 is 9.84 Å². The number of esters is 1. The van der Waals surface area contributed by atoms with E-state index in [1.54, 1.807) is 14.0 Å². The van der Waals surface area contributed by atoms with Crippen molar-refractivity contribution in [3.63, 3.8) is 0 Å². The summed E-state index contributed by atoms with van der Waals surface area (Å²) in [5.74, 6) is 0.0389. The normalized spacial score (nSPS) is 11.6. The van der Waals surface area contributed by atoms with Gasteiger partial charge in [0.2, 0.25) is 0 Å². The van der Waals surface area contributed by atoms with Crippen LogP contribution in [-0.4, -0.2) is 39.1 Å². The second-order valence-electron chi connectivity index (χ2n) is 4.15. The zero-order valence-electron chi connectivity index (χ0n) is 10.0. The molecular weight excluding hydrogens is 210 g/mol. The van der Waals surface area contributed by atoms with Crippen molar-refractivity contribution in [3.8, 4) is 0 Å². The van der Waals surface area contributed by atoms with E-state index in [-0.39, 0.29) is 19.0 Å². The number of hydrogen-bond donors (Lipinski definition) is 1. The van der Waals surface area contributed by atoms with Gasteiger partial charge in [0.25, 0.3) is 5.82 Å². The Bertz CT molecular complexity index is 385. The van der Waals surface area contributed by atoms with Gasteiger partial charge in [-0.1, -0.05) is 13.8 Å². The number of aliphatic hydroxyl groups excluding tert-OH is 1. The van der Waals surface area contributed by atoms with Crippen LogP contribution in [0.15, 0.2) is 0 Å². The van der Waals surface area contributed by atoms with Gasteiger partial charge in [-0.05, 0) is 6.92 Å². The number of carbonyl (C=O) groups excluding carboxylic acids is 1. The van der Waals surface area contributed by atoms with Crippen LogP contribution in [0.4, 0.5) is 0 Å². The first-order chi connectivity index (χ1) is 7.42. The summed E-state index contributed by atoms with van der Waals surface area (Å²) in [6.07, 6.45) is 0. The molecule has 1 rings (SSSR count). The van der Waals surface area contributed by atoms with Crippen molar-refractivity contribution in [1.82, 2.24) is 14.8 Å². The highest BCUT2D eigenvalue weighted by Gasteiger charge is 2.28. The molecular formula is C10H17N3O3. The molecule has 0 radical (unpaired) electrons. The van der Waals surface area contributed by atoms with Crippen LogP contribution < -0.4 is 0 Å². The fourth-order valence-electron chi connectivity index (χ4n) is 1.33. The number of rotatable bonds is 4. The molecule has 0 spiro atoms. The molecule has 0 saturated heterocycles. The zero-order valence-corrected chi connectivity index (χ0v) is 10.0. The average Bonchev–Trinajstić information content (AvgIpc) is 2.61. The number of aliphatic hydroxyl groups is 1. The van der Waals surface area contributed by atoms with Crippen molar-refractivity contribution in [3.05, 3.63) is 11.6 Å². The Balaban J connectivity index is 3.03. The second-order valence-corrected chi connectivity index (χ2v) is 4.15. The molecule has 6 heteroatoms. The molecule has 0 bridgehead atoms. The summed E-state index contributed by atoms with van der Waals surface area (Å²) in [4.78, 5) is 15.5. The maximum atomic E-state index is 11.4. The van der Waals surface area contributed by atoms with Gasteiger partial charge in [0.15, 0.2) is 0 Å². The Labute approximate surface area is 94.2 Å². The minimum absolute atomic E-state index is 0.0286. The molecule has 0 saturated carbocycles. The molecule has 6 nitrogen and oxygen atoms in total. The molecule has 0 amide bonds. The first-order valence-electron chi connectivity index (χ1n) is 5.12. The Morgan fingerprint density at radius 1 is 1.56 bits per heavy atom. The number of nitrogens with zero attached hydrogens (tertiary/aromatic N) is 3. The molecule has 0 unspecified atom stereocenters. The predicted molar refractivity (Wildman–Crippen MR) is 57.1 cm³/mol. The lowest BCUT2D eigenvalue weighted by Gasteiger charge is -2.19. The van der Waals surface area contributed by atoms with Gasteiger partial charge in [0, 0.05) is 12.5 Å². The molecule has 0 fully saturated rings. The van der Waals surface area contributed by atoms with E-state index < -0.39 is 11.4 Å². The van der Waals surface area contributed by atoms with Crippen molar-refractivity contribution in [2.24, 2.45) is 7.05 Å². The smallest absolute Gasteiger partial charge is 0.378 e. The van der Waals surface area contributed by atoms with Gasteiger partial charge in [-0.15, -0.1) is 5.10 Å². The summed E-state index contributed by atoms with van der Waals surface area (Å²) in [5.41, 5.74) is -0.535. The quantitative estimate of drug-likeness (QED) is 0.747. The molecule has 90 valence electrons. The van der Waals surface area contributed by atoms with Crippen molar-refractivity contribution in [2.75, 3.05) is 13.2 Å². The lowest BCUT2D eigenvalue weighted by Crippen LogP contribution is -2.26. The van der Waals surface area contributed by atoms with E-state index in [2.05, 4.69) is 10.1 Å². The van der Waals surface area contributed by atoms with Crippen LogP contribution in [0, 0.1) is 0 Å². The maximum absolute atomic E-state index is 11.4. The molecule has 16 heavy (non-hydrogen) atoms. The molecule has 0 atom stereocenters. The van der Waals surface area contributed by atoms with Crippen molar-refractivity contribution in [2.45, 2.75) is 26.2 Å². The summed E-state index contributed by atoms with van der Waals surface area (Å²) in [7, 11) is 1.68. The summed E-state index contributed by atoms with van der Waals surface area (Å²) in [5, 5.41) is 13.2. The van der Waals surface area contributed by atoms with Crippen LogP contribution in [0.5, 0.6) is 0 Å². The minimum Gasteiger partial charge on any atom is -0.460 e. The zero-order chi connectivity index (χ0) is 12.3. The van der Waals surface area contributed by atoms with Crippen LogP contribution in [0.3, 0.4) is 0 Å². The number of aryl methyl sites for hydroxylation is 1. The third-order valence-electron chi connectivity index (χ3n) is 2.22. The van der Waals surface area contributed by atoms with Crippen molar-refractivity contribution >= 4 is 5.97 Å². The third-order valence-corrected chi connectivity index (χ3v) is 2.22. The van der Waals surface area contributed by atoms with Crippen LogP contribution >= 0.6 is 0 Å². The van der Waals surface area contributed by atoms with E-state index >= 15 is 0 Å². The van der Waals surface area contributed by atoms with Gasteiger partial charge in [-0.2, -0.15) is 0 Å². The summed E-state index contributed by atoms with van der Waals surface area (Å²) < 4.78 is 6.29. The Kier molecular flexibility index (Phi) is 3.64. The molecule has 0 aliphatic carbocycles. The molecule has 0 aromatic carbocycles. The molecule has 1 aromatic heterocycles. The minimum atomic E-state index is -0.543. The summed E-state index contributed by atoms with van der Waals surface area (Å²) in [6, 6.07) is 0. The first kappa shape index (κ1) is 12.6. The average molecular weight is 227 g/mol. The molecule has 0 aliphatic heterocycles. The SMILES string of the molecule is CCOC(=O)c1nc(C(C)(C)CO)n(C)n1. The van der Waals surface area contributed by atoms with Gasteiger partial charge in [0.1, 0.15) is 5.82 Å². The summed E-state index contributed by atoms with van der Waals surface area (Å²) >= 11 is 0. The van der Waals surface area contributed by atoms with E-state index in [0.29, 0.717) is 5.82 Å². The van der Waals surface area contributed by atoms with Crippen LogP contribution in [0.2, 0.25) is 0 Å². The number of carbonyl (C=O) groups is 1. The van der Waals surface area contributed by atoms with E-state index in [4.69, 9.17) is 4.74 Å². The predicted octanol–water partition coefficient (Wildman–Crippen LogP) is 0.262.